The fourth-order valence-corrected chi connectivity index (χ4v) is 4.67. The van der Waals surface area contributed by atoms with Crippen molar-refractivity contribution in [3.8, 4) is 5.75 Å². The first-order valence-electron chi connectivity index (χ1n) is 16.9. The van der Waals surface area contributed by atoms with Crippen LogP contribution in [0.25, 0.3) is 0 Å². The third-order valence-corrected chi connectivity index (χ3v) is 7.21. The van der Waals surface area contributed by atoms with Crippen LogP contribution < -0.4 is 4.74 Å². The Bertz CT molecular complexity index is 678. The molecule has 0 atom stereocenters. The van der Waals surface area contributed by atoms with Crippen LogP contribution in [0.15, 0.2) is 24.3 Å². The molecule has 0 aliphatic rings. The Morgan fingerprint density at radius 2 is 0.951 bits per heavy atom. The van der Waals surface area contributed by atoms with E-state index in [1.165, 1.54) is 95.5 Å². The molecule has 6 nitrogen and oxygen atoms in total. The maximum absolute atomic E-state index is 11.8. The molecule has 0 radical (unpaired) electrons. The van der Waals surface area contributed by atoms with Crippen molar-refractivity contribution < 1.29 is 28.5 Å². The Labute approximate surface area is 252 Å². The zero-order valence-electron chi connectivity index (χ0n) is 26.6. The summed E-state index contributed by atoms with van der Waals surface area (Å²) in [7, 11) is 0. The second-order valence-electron chi connectivity index (χ2n) is 11.0. The molecule has 41 heavy (non-hydrogen) atoms. The maximum atomic E-state index is 11.8. The van der Waals surface area contributed by atoms with Gasteiger partial charge < -0.3 is 23.7 Å². The van der Waals surface area contributed by atoms with Crippen molar-refractivity contribution in [3.05, 3.63) is 29.8 Å². The molecule has 1 aromatic carbocycles. The number of ether oxygens (including phenoxy) is 5. The molecule has 6 heteroatoms. The topological polar surface area (TPSA) is 63.2 Å². The average Bonchev–Trinajstić information content (AvgIpc) is 2.99. The van der Waals surface area contributed by atoms with Gasteiger partial charge in [-0.25, -0.2) is 0 Å². The molecule has 0 heterocycles. The first-order valence-corrected chi connectivity index (χ1v) is 16.9. The number of hydrogen-bond acceptors (Lipinski definition) is 6. The molecule has 0 unspecified atom stereocenters. The fourth-order valence-electron chi connectivity index (χ4n) is 4.67. The van der Waals surface area contributed by atoms with Crippen molar-refractivity contribution in [2.75, 3.05) is 52.9 Å². The van der Waals surface area contributed by atoms with Gasteiger partial charge >= 0.3 is 5.97 Å². The first-order chi connectivity index (χ1) is 20.3. The van der Waals surface area contributed by atoms with Gasteiger partial charge in [-0.2, -0.15) is 0 Å². The summed E-state index contributed by atoms with van der Waals surface area (Å²) in [4.78, 5) is 11.8. The number of hydrogen-bond donors (Lipinski definition) is 0. The molecule has 0 saturated carbocycles. The molecule has 0 amide bonds. The van der Waals surface area contributed by atoms with Crippen molar-refractivity contribution in [2.45, 2.75) is 129 Å². The van der Waals surface area contributed by atoms with Crippen molar-refractivity contribution in [2.24, 2.45) is 0 Å². The minimum atomic E-state index is -0.121. The number of carbonyl (C=O) groups is 1. The van der Waals surface area contributed by atoms with Crippen molar-refractivity contribution in [1.29, 1.82) is 0 Å². The standard InChI is InChI=1S/C35H62O6/c1-3-5-7-9-11-12-14-16-18-20-35(36)41-32-30-39-28-26-37-25-27-38-29-31-40-34-23-21-33(22-24-34)19-17-15-13-10-8-6-4-2/h21-24H,3-20,25-32H2,1-2H3. The third-order valence-electron chi connectivity index (χ3n) is 7.21. The van der Waals surface area contributed by atoms with E-state index in [0.29, 0.717) is 59.3 Å². The Morgan fingerprint density at radius 1 is 0.512 bits per heavy atom. The van der Waals surface area contributed by atoms with E-state index in [1.807, 2.05) is 0 Å². The molecule has 0 fully saturated rings. The Hall–Kier alpha value is -1.63. The fraction of sp³-hybridized carbons (Fsp3) is 0.800. The molecule has 0 spiro atoms. The quantitative estimate of drug-likeness (QED) is 0.0648. The molecule has 0 N–H and O–H groups in total. The summed E-state index contributed by atoms with van der Waals surface area (Å²) in [5.41, 5.74) is 1.38. The summed E-state index contributed by atoms with van der Waals surface area (Å²) in [5, 5.41) is 0. The molecule has 238 valence electrons. The molecule has 1 aromatic rings. The van der Waals surface area contributed by atoms with Gasteiger partial charge in [0, 0.05) is 6.42 Å². The van der Waals surface area contributed by atoms with Crippen LogP contribution in [0.4, 0.5) is 0 Å². The molecular formula is C35H62O6. The minimum Gasteiger partial charge on any atom is -0.491 e. The van der Waals surface area contributed by atoms with Crippen LogP contribution >= 0.6 is 0 Å². The van der Waals surface area contributed by atoms with E-state index in [-0.39, 0.29) is 5.97 Å². The molecule has 1 rings (SSSR count). The minimum absolute atomic E-state index is 0.121. The first kappa shape index (κ1) is 37.4. The van der Waals surface area contributed by atoms with Crippen molar-refractivity contribution in [1.82, 2.24) is 0 Å². The number of benzene rings is 1. The van der Waals surface area contributed by atoms with Gasteiger partial charge in [0.1, 0.15) is 19.0 Å². The summed E-state index contributed by atoms with van der Waals surface area (Å²) >= 11 is 0. The van der Waals surface area contributed by atoms with Crippen LogP contribution in [0, 0.1) is 0 Å². The largest absolute Gasteiger partial charge is 0.491 e. The van der Waals surface area contributed by atoms with Gasteiger partial charge in [0.25, 0.3) is 0 Å². The van der Waals surface area contributed by atoms with E-state index in [4.69, 9.17) is 23.7 Å². The molecule has 0 bridgehead atoms. The molecule has 0 saturated heterocycles. The molecule has 0 aliphatic heterocycles. The van der Waals surface area contributed by atoms with Crippen LogP contribution in [-0.2, 0) is 30.2 Å². The number of esters is 1. The smallest absolute Gasteiger partial charge is 0.305 e. The Morgan fingerprint density at radius 3 is 1.49 bits per heavy atom. The second-order valence-corrected chi connectivity index (χ2v) is 11.0. The van der Waals surface area contributed by atoms with Gasteiger partial charge in [-0.1, -0.05) is 116 Å². The number of carbonyl (C=O) groups excluding carboxylic acids is 1. The van der Waals surface area contributed by atoms with E-state index in [9.17, 15) is 4.79 Å². The zero-order valence-corrected chi connectivity index (χ0v) is 26.6. The van der Waals surface area contributed by atoms with Gasteiger partial charge in [-0.3, -0.25) is 4.79 Å². The summed E-state index contributed by atoms with van der Waals surface area (Å²) < 4.78 is 27.6. The number of aryl methyl sites for hydroxylation is 1. The lowest BCUT2D eigenvalue weighted by molar-refractivity contribution is -0.145. The van der Waals surface area contributed by atoms with Crippen LogP contribution in [0.1, 0.15) is 129 Å². The highest BCUT2D eigenvalue weighted by molar-refractivity contribution is 5.69. The second kappa shape index (κ2) is 29.8. The van der Waals surface area contributed by atoms with Crippen molar-refractivity contribution in [3.63, 3.8) is 0 Å². The Balaban J connectivity index is 1.81. The van der Waals surface area contributed by atoms with Gasteiger partial charge in [0.15, 0.2) is 0 Å². The molecule has 0 aromatic heterocycles. The van der Waals surface area contributed by atoms with Crippen LogP contribution in [0.5, 0.6) is 5.75 Å². The van der Waals surface area contributed by atoms with E-state index in [0.717, 1.165) is 25.0 Å². The van der Waals surface area contributed by atoms with E-state index in [1.54, 1.807) is 0 Å². The lowest BCUT2D eigenvalue weighted by atomic mass is 10.0. The summed E-state index contributed by atoms with van der Waals surface area (Å²) in [6.45, 7) is 8.30. The normalized spacial score (nSPS) is 11.2. The molecule has 0 aliphatic carbocycles. The van der Waals surface area contributed by atoms with Gasteiger partial charge in [0.05, 0.1) is 39.6 Å². The van der Waals surface area contributed by atoms with Crippen LogP contribution in [-0.4, -0.2) is 58.8 Å². The number of unbranched alkanes of at least 4 members (excludes halogenated alkanes) is 14. The Kier molecular flexibility index (Phi) is 27.2. The van der Waals surface area contributed by atoms with E-state index in [2.05, 4.69) is 38.1 Å². The summed E-state index contributed by atoms with van der Waals surface area (Å²) in [6.07, 6.45) is 22.3. The van der Waals surface area contributed by atoms with Gasteiger partial charge in [-0.15, -0.1) is 0 Å². The zero-order chi connectivity index (χ0) is 29.5. The molecular weight excluding hydrogens is 516 g/mol. The van der Waals surface area contributed by atoms with Crippen LogP contribution in [0.3, 0.4) is 0 Å². The van der Waals surface area contributed by atoms with Gasteiger partial charge in [-0.05, 0) is 37.0 Å². The monoisotopic (exact) mass is 578 g/mol. The van der Waals surface area contributed by atoms with Crippen LogP contribution in [0.2, 0.25) is 0 Å². The maximum Gasteiger partial charge on any atom is 0.305 e. The van der Waals surface area contributed by atoms with Gasteiger partial charge in [0.2, 0.25) is 0 Å². The highest BCUT2D eigenvalue weighted by atomic mass is 16.6. The predicted octanol–water partition coefficient (Wildman–Crippen LogP) is 8.87. The lowest BCUT2D eigenvalue weighted by Gasteiger charge is -2.09. The SMILES string of the molecule is CCCCCCCCCCCC(=O)OCCOCCOCCOCCOc1ccc(CCCCCCCCC)cc1. The van der Waals surface area contributed by atoms with E-state index < -0.39 is 0 Å². The van der Waals surface area contributed by atoms with E-state index >= 15 is 0 Å². The average molecular weight is 579 g/mol. The highest BCUT2D eigenvalue weighted by Gasteiger charge is 2.03. The lowest BCUT2D eigenvalue weighted by Crippen LogP contribution is -2.14. The summed E-state index contributed by atoms with van der Waals surface area (Å²) in [6, 6.07) is 8.45. The van der Waals surface area contributed by atoms with Crippen molar-refractivity contribution >= 4 is 5.97 Å². The highest BCUT2D eigenvalue weighted by Crippen LogP contribution is 2.15. The third kappa shape index (κ3) is 25.8. The predicted molar refractivity (Wildman–Crippen MR) is 169 cm³/mol. The summed E-state index contributed by atoms with van der Waals surface area (Å²) in [5.74, 6) is 0.768. The number of rotatable bonds is 31.